The number of aromatic nitrogens is 3. The second-order valence-electron chi connectivity index (χ2n) is 14.9. The molecule has 1 aliphatic heterocycles. The molecule has 0 amide bonds. The number of rotatable bonds is 11. The highest BCUT2D eigenvalue weighted by Gasteiger charge is 2.31. The lowest BCUT2D eigenvalue weighted by atomic mass is 10.1. The number of hydrogen-bond donors (Lipinski definition) is 3. The number of carbonyl (C=O) groups is 6. The van der Waals surface area contributed by atoms with Crippen LogP contribution in [0.1, 0.15) is 83.0 Å². The summed E-state index contributed by atoms with van der Waals surface area (Å²) >= 11 is 5.89. The van der Waals surface area contributed by atoms with Crippen LogP contribution in [0.4, 0.5) is 0 Å². The maximum absolute atomic E-state index is 13.0. The zero-order valence-electron chi connectivity index (χ0n) is 34.9. The number of ketones is 2. The third-order valence-corrected chi connectivity index (χ3v) is 11.1. The van der Waals surface area contributed by atoms with Gasteiger partial charge in [0.25, 0.3) is 5.91 Å². The zero-order chi connectivity index (χ0) is 45.5. The normalized spacial score (nSPS) is 12.6. The molecule has 322 valence electrons. The molecule has 8 rings (SSSR count). The maximum atomic E-state index is 13.0. The summed E-state index contributed by atoms with van der Waals surface area (Å²) in [7, 11) is 3.25. The Morgan fingerprint density at radius 1 is 0.698 bits per heavy atom. The fraction of sp³-hybridized carbons (Fsp3) is 0.184. The molecule has 13 nitrogen and oxygen atoms in total. The first-order chi connectivity index (χ1) is 30.1. The predicted octanol–water partition coefficient (Wildman–Crippen LogP) is 8.41. The SMILES string of the molecule is COc1ccc2c(c1)c(CC(=O)O)c(C)n2C(=O)c1ccc(Cl)cc1.Cc1ccc(C(=O)c2ccc(CC(=O)O)n2C)cc1.O=C(c1ccccc1)c1ccc2n1CCC2C(=O)O. The Bertz CT molecular complexity index is 2850. The molecule has 7 aromatic rings. The van der Waals surface area contributed by atoms with Crippen LogP contribution in [0, 0.1) is 13.8 Å². The van der Waals surface area contributed by atoms with Crippen LogP contribution < -0.4 is 4.74 Å². The number of fused-ring (bicyclic) bond motifs is 2. The molecule has 1 aliphatic rings. The van der Waals surface area contributed by atoms with E-state index in [2.05, 4.69) is 0 Å². The number of nitrogens with zero attached hydrogens (tertiary/aromatic N) is 3. The van der Waals surface area contributed by atoms with Crippen molar-refractivity contribution in [2.45, 2.75) is 45.6 Å². The van der Waals surface area contributed by atoms with Gasteiger partial charge in [-0.15, -0.1) is 0 Å². The summed E-state index contributed by atoms with van der Waals surface area (Å²) in [6.45, 7) is 4.30. The van der Waals surface area contributed by atoms with Crippen molar-refractivity contribution in [1.29, 1.82) is 0 Å². The predicted molar refractivity (Wildman–Crippen MR) is 236 cm³/mol. The van der Waals surface area contributed by atoms with E-state index in [9.17, 15) is 33.9 Å². The van der Waals surface area contributed by atoms with Crippen LogP contribution in [0.3, 0.4) is 0 Å². The number of halogens is 1. The Labute approximate surface area is 367 Å². The summed E-state index contributed by atoms with van der Waals surface area (Å²) in [5.41, 5.74) is 7.07. The summed E-state index contributed by atoms with van der Waals surface area (Å²) in [4.78, 5) is 70.8. The number of hydrogen-bond acceptors (Lipinski definition) is 7. The van der Waals surface area contributed by atoms with Crippen LogP contribution in [0.2, 0.25) is 5.02 Å². The first kappa shape index (κ1) is 45.0. The van der Waals surface area contributed by atoms with E-state index in [4.69, 9.17) is 26.6 Å². The van der Waals surface area contributed by atoms with Crippen molar-refractivity contribution in [2.24, 2.45) is 7.05 Å². The fourth-order valence-corrected chi connectivity index (χ4v) is 7.67. The monoisotopic (exact) mass is 869 g/mol. The lowest BCUT2D eigenvalue weighted by molar-refractivity contribution is -0.139. The highest BCUT2D eigenvalue weighted by molar-refractivity contribution is 6.30. The van der Waals surface area contributed by atoms with Crippen molar-refractivity contribution < 1.29 is 48.8 Å². The molecule has 1 atom stereocenters. The molecule has 0 spiro atoms. The number of carbonyl (C=O) groups excluding carboxylic acids is 3. The third kappa shape index (κ3) is 10.0. The molecule has 0 saturated carbocycles. The Hall–Kier alpha value is -7.51. The Morgan fingerprint density at radius 2 is 1.30 bits per heavy atom. The molecule has 3 N–H and O–H groups in total. The van der Waals surface area contributed by atoms with E-state index in [1.54, 1.807) is 117 Å². The zero-order valence-corrected chi connectivity index (χ0v) is 35.6. The van der Waals surface area contributed by atoms with E-state index in [0.717, 1.165) is 11.3 Å². The smallest absolute Gasteiger partial charge is 0.312 e. The molecule has 1 unspecified atom stereocenters. The standard InChI is InChI=1S/C19H16ClNO4.C15H13NO3.C15H15NO3/c1-11-15(10-18(22)23)16-9-14(25-2)7-8-17(16)21(11)19(24)12-3-5-13(20)6-4-12;17-14(10-4-2-1-3-5-10)13-7-6-12-11(15(18)19)8-9-16(12)13;1-10-3-5-11(6-4-10)15(19)13-8-7-12(16(13)2)9-14(17)18/h3-9H,10H2,1-2H3,(H,22,23);1-7,11H,8-9H2,(H,18,19);3-8H,9H2,1-2H3,(H,17,18). The first-order valence-electron chi connectivity index (χ1n) is 19.8. The number of carboxylic acids is 3. The highest BCUT2D eigenvalue weighted by Crippen LogP contribution is 2.32. The van der Waals surface area contributed by atoms with E-state index in [1.807, 2.05) is 41.8 Å². The van der Waals surface area contributed by atoms with Gasteiger partial charge in [-0.25, -0.2) is 0 Å². The fourth-order valence-electron chi connectivity index (χ4n) is 7.54. The molecule has 0 bridgehead atoms. The molecule has 14 heteroatoms. The number of carboxylic acid groups (broad SMARTS) is 3. The molecule has 0 saturated heterocycles. The molecule has 63 heavy (non-hydrogen) atoms. The molecular formula is C49H44ClN3O10. The van der Waals surface area contributed by atoms with Crippen LogP contribution in [-0.4, -0.2) is 71.5 Å². The van der Waals surface area contributed by atoms with Gasteiger partial charge in [0.05, 0.1) is 42.8 Å². The van der Waals surface area contributed by atoms with E-state index >= 15 is 0 Å². The lowest BCUT2D eigenvalue weighted by Crippen LogP contribution is -2.14. The van der Waals surface area contributed by atoms with Gasteiger partial charge < -0.3 is 29.2 Å². The van der Waals surface area contributed by atoms with Crippen LogP contribution >= 0.6 is 11.6 Å². The summed E-state index contributed by atoms with van der Waals surface area (Å²) in [5, 5.41) is 28.4. The van der Waals surface area contributed by atoms with Crippen molar-refractivity contribution >= 4 is 57.9 Å². The van der Waals surface area contributed by atoms with E-state index in [0.29, 0.717) is 79.7 Å². The minimum atomic E-state index is -0.955. The van der Waals surface area contributed by atoms with Gasteiger partial charge >= 0.3 is 17.9 Å². The van der Waals surface area contributed by atoms with Crippen LogP contribution in [0.15, 0.2) is 121 Å². The Morgan fingerprint density at radius 3 is 1.92 bits per heavy atom. The van der Waals surface area contributed by atoms with Gasteiger partial charge in [0.1, 0.15) is 5.75 Å². The van der Waals surface area contributed by atoms with E-state index in [-0.39, 0.29) is 30.3 Å². The van der Waals surface area contributed by atoms with E-state index < -0.39 is 23.8 Å². The van der Waals surface area contributed by atoms with Crippen LogP contribution in [-0.2, 0) is 40.8 Å². The average molecular weight is 870 g/mol. The number of methoxy groups -OCH3 is 1. The average Bonchev–Trinajstić information content (AvgIpc) is 4.04. The van der Waals surface area contributed by atoms with Gasteiger partial charge in [0.15, 0.2) is 0 Å². The topological polar surface area (TPSA) is 187 Å². The summed E-state index contributed by atoms with van der Waals surface area (Å²) in [6, 6.07) is 35.1. The van der Waals surface area contributed by atoms with Gasteiger partial charge in [-0.2, -0.15) is 0 Å². The van der Waals surface area contributed by atoms with Gasteiger partial charge in [0, 0.05) is 57.8 Å². The number of aryl methyl sites for hydroxylation is 1. The van der Waals surface area contributed by atoms with Gasteiger partial charge in [0.2, 0.25) is 11.6 Å². The Kier molecular flexibility index (Phi) is 13.9. The van der Waals surface area contributed by atoms with Crippen molar-refractivity contribution in [3.05, 3.63) is 183 Å². The molecular weight excluding hydrogens is 826 g/mol. The molecule has 0 aliphatic carbocycles. The molecule has 0 fully saturated rings. The first-order valence-corrected chi connectivity index (χ1v) is 20.2. The van der Waals surface area contributed by atoms with Crippen LogP contribution in [0.25, 0.3) is 10.9 Å². The third-order valence-electron chi connectivity index (χ3n) is 10.8. The van der Waals surface area contributed by atoms with Gasteiger partial charge in [-0.1, -0.05) is 71.8 Å². The second-order valence-corrected chi connectivity index (χ2v) is 15.3. The van der Waals surface area contributed by atoms with Gasteiger partial charge in [-0.05, 0) is 92.6 Å². The van der Waals surface area contributed by atoms with Crippen molar-refractivity contribution in [1.82, 2.24) is 13.7 Å². The number of aliphatic carboxylic acids is 3. The van der Waals surface area contributed by atoms with E-state index in [1.165, 1.54) is 4.57 Å². The quantitative estimate of drug-likeness (QED) is 0.107. The van der Waals surface area contributed by atoms with Crippen molar-refractivity contribution in [2.75, 3.05) is 7.11 Å². The molecule has 0 radical (unpaired) electrons. The maximum Gasteiger partial charge on any atom is 0.312 e. The van der Waals surface area contributed by atoms with Crippen molar-refractivity contribution in [3.63, 3.8) is 0 Å². The van der Waals surface area contributed by atoms with Gasteiger partial charge in [-0.3, -0.25) is 33.3 Å². The highest BCUT2D eigenvalue weighted by atomic mass is 35.5. The largest absolute Gasteiger partial charge is 0.497 e. The lowest BCUT2D eigenvalue weighted by Gasteiger charge is -2.08. The molecule has 4 heterocycles. The Balaban J connectivity index is 0.000000160. The van der Waals surface area contributed by atoms with Crippen LogP contribution in [0.5, 0.6) is 5.75 Å². The minimum absolute atomic E-state index is 0.0575. The number of ether oxygens (including phenoxy) is 1. The summed E-state index contributed by atoms with van der Waals surface area (Å²) in [5.74, 6) is -2.96. The molecule has 3 aromatic heterocycles. The minimum Gasteiger partial charge on any atom is -0.497 e. The molecule has 4 aromatic carbocycles. The second kappa shape index (κ2) is 19.5. The summed E-state index contributed by atoms with van der Waals surface area (Å²) < 4.78 is 10.2. The summed E-state index contributed by atoms with van der Waals surface area (Å²) in [6.07, 6.45) is 0.300. The number of benzene rings is 4. The van der Waals surface area contributed by atoms with Crippen molar-refractivity contribution in [3.8, 4) is 5.75 Å².